The zero-order valence-electron chi connectivity index (χ0n) is 14.4. The van der Waals surface area contributed by atoms with Crippen molar-refractivity contribution in [3.63, 3.8) is 0 Å². The van der Waals surface area contributed by atoms with E-state index in [2.05, 4.69) is 11.9 Å². The molecule has 0 N–H and O–H groups in total. The molecule has 3 heterocycles. The lowest BCUT2D eigenvalue weighted by molar-refractivity contribution is 0.0640. The highest BCUT2D eigenvalue weighted by atomic mass is 32.1. The predicted octanol–water partition coefficient (Wildman–Crippen LogP) is 2.43. The lowest BCUT2D eigenvalue weighted by Gasteiger charge is -2.33. The standard InChI is InChI=1S/C17H23N3O3S/c1-11-6-4-5-7-20(11)17(22)14-12(2)13-15(24-14)18-10-19(16(13)21)8-9-23-3/h10-11H,4-9H2,1-3H3. The summed E-state index contributed by atoms with van der Waals surface area (Å²) in [5.41, 5.74) is 0.651. The quantitative estimate of drug-likeness (QED) is 0.850. The average Bonchev–Trinajstić information content (AvgIpc) is 2.92. The molecule has 1 atom stereocenters. The Labute approximate surface area is 145 Å². The molecule has 0 bridgehead atoms. The zero-order valence-corrected chi connectivity index (χ0v) is 15.2. The van der Waals surface area contributed by atoms with E-state index in [0.29, 0.717) is 28.2 Å². The van der Waals surface area contributed by atoms with Crippen LogP contribution in [0.1, 0.15) is 41.4 Å². The van der Waals surface area contributed by atoms with Crippen LogP contribution in [0.5, 0.6) is 0 Å². The van der Waals surface area contributed by atoms with Gasteiger partial charge in [0.1, 0.15) is 4.83 Å². The highest BCUT2D eigenvalue weighted by molar-refractivity contribution is 7.20. The summed E-state index contributed by atoms with van der Waals surface area (Å²) in [7, 11) is 1.60. The molecule has 7 heteroatoms. The third kappa shape index (κ3) is 2.98. The second-order valence-electron chi connectivity index (χ2n) is 6.32. The molecular weight excluding hydrogens is 326 g/mol. The van der Waals surface area contributed by atoms with Crippen molar-refractivity contribution in [2.75, 3.05) is 20.3 Å². The van der Waals surface area contributed by atoms with Crippen LogP contribution in [0.25, 0.3) is 10.2 Å². The van der Waals surface area contributed by atoms with Crippen molar-refractivity contribution in [3.05, 3.63) is 27.1 Å². The smallest absolute Gasteiger partial charge is 0.264 e. The average molecular weight is 349 g/mol. The summed E-state index contributed by atoms with van der Waals surface area (Å²) in [6.45, 7) is 5.65. The first-order valence-electron chi connectivity index (χ1n) is 8.33. The number of carbonyl (C=O) groups is 1. The lowest BCUT2D eigenvalue weighted by Crippen LogP contribution is -2.41. The highest BCUT2D eigenvalue weighted by Crippen LogP contribution is 2.30. The van der Waals surface area contributed by atoms with E-state index < -0.39 is 0 Å². The number of aryl methyl sites for hydroxylation is 1. The normalized spacial score (nSPS) is 18.3. The molecule has 1 fully saturated rings. The first kappa shape index (κ1) is 17.1. The number of fused-ring (bicyclic) bond motifs is 1. The number of hydrogen-bond acceptors (Lipinski definition) is 5. The van der Waals surface area contributed by atoms with E-state index in [9.17, 15) is 9.59 Å². The number of piperidine rings is 1. The van der Waals surface area contributed by atoms with E-state index in [1.807, 2.05) is 11.8 Å². The summed E-state index contributed by atoms with van der Waals surface area (Å²) in [6, 6.07) is 0.252. The largest absolute Gasteiger partial charge is 0.383 e. The first-order valence-corrected chi connectivity index (χ1v) is 9.14. The number of rotatable bonds is 4. The number of aromatic nitrogens is 2. The second kappa shape index (κ2) is 7.03. The summed E-state index contributed by atoms with van der Waals surface area (Å²) in [6.07, 6.45) is 4.79. The molecule has 0 spiro atoms. The van der Waals surface area contributed by atoms with Crippen molar-refractivity contribution in [2.45, 2.75) is 45.7 Å². The Morgan fingerprint density at radius 1 is 1.46 bits per heavy atom. The van der Waals surface area contributed by atoms with Crippen molar-refractivity contribution in [1.82, 2.24) is 14.5 Å². The number of methoxy groups -OCH3 is 1. The summed E-state index contributed by atoms with van der Waals surface area (Å²) < 4.78 is 6.58. The van der Waals surface area contributed by atoms with Gasteiger partial charge >= 0.3 is 0 Å². The fourth-order valence-corrected chi connectivity index (χ4v) is 4.34. The van der Waals surface area contributed by atoms with Crippen molar-refractivity contribution in [3.8, 4) is 0 Å². The minimum Gasteiger partial charge on any atom is -0.383 e. The number of thiophene rings is 1. The van der Waals surface area contributed by atoms with E-state index in [4.69, 9.17) is 4.74 Å². The van der Waals surface area contributed by atoms with Gasteiger partial charge in [-0.1, -0.05) is 0 Å². The van der Waals surface area contributed by atoms with Gasteiger partial charge in [-0.2, -0.15) is 0 Å². The molecule has 1 aliphatic heterocycles. The maximum atomic E-state index is 12.9. The SMILES string of the molecule is COCCn1cnc2sc(C(=O)N3CCCCC3C)c(C)c2c1=O. The Balaban J connectivity index is 2.00. The Bertz CT molecular complexity index is 811. The molecule has 0 aliphatic carbocycles. The van der Waals surface area contributed by atoms with Crippen LogP contribution in [0.15, 0.2) is 11.1 Å². The van der Waals surface area contributed by atoms with Gasteiger partial charge in [0.25, 0.3) is 11.5 Å². The second-order valence-corrected chi connectivity index (χ2v) is 7.31. The van der Waals surface area contributed by atoms with Crippen LogP contribution < -0.4 is 5.56 Å². The molecule has 0 aromatic carbocycles. The van der Waals surface area contributed by atoms with Crippen LogP contribution >= 0.6 is 11.3 Å². The van der Waals surface area contributed by atoms with Gasteiger partial charge in [-0.05, 0) is 38.7 Å². The van der Waals surface area contributed by atoms with Crippen LogP contribution in [0.4, 0.5) is 0 Å². The summed E-state index contributed by atoms with van der Waals surface area (Å²) in [5.74, 6) is 0.0329. The molecule has 2 aromatic heterocycles. The van der Waals surface area contributed by atoms with Crippen molar-refractivity contribution in [2.24, 2.45) is 0 Å². The fraction of sp³-hybridized carbons (Fsp3) is 0.588. The van der Waals surface area contributed by atoms with Gasteiger partial charge in [-0.25, -0.2) is 4.98 Å². The van der Waals surface area contributed by atoms with Crippen LogP contribution in [0.2, 0.25) is 0 Å². The lowest BCUT2D eigenvalue weighted by atomic mass is 10.0. The van der Waals surface area contributed by atoms with Crippen molar-refractivity contribution < 1.29 is 9.53 Å². The monoisotopic (exact) mass is 349 g/mol. The van der Waals surface area contributed by atoms with E-state index in [0.717, 1.165) is 24.9 Å². The molecule has 6 nitrogen and oxygen atoms in total. The molecule has 3 rings (SSSR count). The molecule has 0 radical (unpaired) electrons. The van der Waals surface area contributed by atoms with E-state index in [1.165, 1.54) is 24.1 Å². The van der Waals surface area contributed by atoms with Gasteiger partial charge in [0, 0.05) is 19.7 Å². The van der Waals surface area contributed by atoms with Gasteiger partial charge in [-0.3, -0.25) is 14.2 Å². The van der Waals surface area contributed by atoms with Gasteiger partial charge in [0.05, 0.1) is 29.7 Å². The van der Waals surface area contributed by atoms with Gasteiger partial charge in [0.15, 0.2) is 0 Å². The van der Waals surface area contributed by atoms with E-state index in [1.54, 1.807) is 11.7 Å². The topological polar surface area (TPSA) is 64.4 Å². The van der Waals surface area contributed by atoms with Crippen molar-refractivity contribution >= 4 is 27.5 Å². The van der Waals surface area contributed by atoms with Gasteiger partial charge < -0.3 is 9.64 Å². The molecule has 2 aromatic rings. The van der Waals surface area contributed by atoms with Crippen LogP contribution in [-0.4, -0.2) is 46.7 Å². The van der Waals surface area contributed by atoms with Gasteiger partial charge in [-0.15, -0.1) is 11.3 Å². The predicted molar refractivity (Wildman–Crippen MR) is 94.8 cm³/mol. The molecule has 0 saturated carbocycles. The number of likely N-dealkylation sites (tertiary alicyclic amines) is 1. The van der Waals surface area contributed by atoms with E-state index in [-0.39, 0.29) is 17.5 Å². The summed E-state index contributed by atoms with van der Waals surface area (Å²) >= 11 is 1.33. The Morgan fingerprint density at radius 3 is 2.96 bits per heavy atom. The highest BCUT2D eigenvalue weighted by Gasteiger charge is 2.28. The van der Waals surface area contributed by atoms with Crippen LogP contribution in [0.3, 0.4) is 0 Å². The summed E-state index contributed by atoms with van der Waals surface area (Å²) in [5, 5.41) is 0.562. The maximum Gasteiger partial charge on any atom is 0.264 e. The molecule has 1 amide bonds. The first-order chi connectivity index (χ1) is 11.5. The third-order valence-corrected chi connectivity index (χ3v) is 5.90. The van der Waals surface area contributed by atoms with Crippen molar-refractivity contribution in [1.29, 1.82) is 0 Å². The Hall–Kier alpha value is -1.73. The molecule has 1 aliphatic rings. The third-order valence-electron chi connectivity index (χ3n) is 4.71. The van der Waals surface area contributed by atoms with E-state index >= 15 is 0 Å². The van der Waals surface area contributed by atoms with Gasteiger partial charge in [0.2, 0.25) is 0 Å². The van der Waals surface area contributed by atoms with Crippen LogP contribution in [-0.2, 0) is 11.3 Å². The zero-order chi connectivity index (χ0) is 17.3. The number of hydrogen-bond donors (Lipinski definition) is 0. The number of amides is 1. The summed E-state index contributed by atoms with van der Waals surface area (Å²) in [4.78, 5) is 33.2. The number of carbonyl (C=O) groups excluding carboxylic acids is 1. The molecule has 1 saturated heterocycles. The van der Waals surface area contributed by atoms with Crippen LogP contribution in [0, 0.1) is 6.92 Å². The fourth-order valence-electron chi connectivity index (χ4n) is 3.24. The number of nitrogens with zero attached hydrogens (tertiary/aromatic N) is 3. The molecule has 130 valence electrons. The Kier molecular flexibility index (Phi) is 5.01. The Morgan fingerprint density at radius 2 is 2.25 bits per heavy atom. The minimum absolute atomic E-state index is 0.0329. The number of ether oxygens (including phenoxy) is 1. The molecular formula is C17H23N3O3S. The maximum absolute atomic E-state index is 12.9. The minimum atomic E-state index is -0.100. The molecule has 1 unspecified atom stereocenters. The molecule has 24 heavy (non-hydrogen) atoms.